The molecule has 6 nitrogen and oxygen atoms in total. The minimum Gasteiger partial charge on any atom is -0.420 e. The monoisotopic (exact) mass is 269 g/mol. The molecule has 0 aliphatic carbocycles. The topological polar surface area (TPSA) is 76.7 Å². The van der Waals surface area contributed by atoms with E-state index < -0.39 is 0 Å². The van der Waals surface area contributed by atoms with E-state index in [4.69, 9.17) is 4.42 Å². The molecule has 3 rings (SSSR count). The molecule has 0 unspecified atom stereocenters. The van der Waals surface area contributed by atoms with Crippen molar-refractivity contribution in [3.8, 4) is 11.6 Å². The quantitative estimate of drug-likeness (QED) is 0.787. The van der Waals surface area contributed by atoms with Crippen molar-refractivity contribution in [2.24, 2.45) is 0 Å². The zero-order chi connectivity index (χ0) is 14.1. The Hall–Kier alpha value is -2.50. The Bertz CT molecular complexity index is 750. The van der Waals surface area contributed by atoms with E-state index in [0.717, 1.165) is 16.6 Å². The average molecular weight is 269 g/mol. The lowest BCUT2D eigenvalue weighted by Crippen LogP contribution is -2.12. The van der Waals surface area contributed by atoms with E-state index in [-0.39, 0.29) is 6.04 Å². The molecule has 0 saturated carbocycles. The van der Waals surface area contributed by atoms with Gasteiger partial charge in [-0.15, -0.1) is 20.4 Å². The normalized spacial score (nSPS) is 11.2. The van der Waals surface area contributed by atoms with Crippen LogP contribution in [-0.2, 0) is 0 Å². The number of anilines is 1. The highest BCUT2D eigenvalue weighted by Crippen LogP contribution is 2.28. The third kappa shape index (κ3) is 2.20. The zero-order valence-corrected chi connectivity index (χ0v) is 11.6. The molecule has 0 amide bonds. The van der Waals surface area contributed by atoms with Gasteiger partial charge in [0.15, 0.2) is 11.5 Å². The van der Waals surface area contributed by atoms with Gasteiger partial charge in [0.25, 0.3) is 5.89 Å². The fourth-order valence-corrected chi connectivity index (χ4v) is 2.03. The summed E-state index contributed by atoms with van der Waals surface area (Å²) in [6, 6.07) is 8.18. The Labute approximate surface area is 116 Å². The summed E-state index contributed by atoms with van der Waals surface area (Å²) in [4.78, 5) is 0. The van der Waals surface area contributed by atoms with Gasteiger partial charge in [0.1, 0.15) is 0 Å². The van der Waals surface area contributed by atoms with E-state index in [2.05, 4.69) is 39.6 Å². The molecule has 0 bridgehead atoms. The largest absolute Gasteiger partial charge is 0.420 e. The van der Waals surface area contributed by atoms with Crippen LogP contribution >= 0.6 is 0 Å². The Morgan fingerprint density at radius 3 is 2.40 bits per heavy atom. The third-order valence-electron chi connectivity index (χ3n) is 2.84. The summed E-state index contributed by atoms with van der Waals surface area (Å²) in [7, 11) is 0. The molecular weight excluding hydrogens is 254 g/mol. The van der Waals surface area contributed by atoms with Crippen molar-refractivity contribution in [2.45, 2.75) is 26.8 Å². The van der Waals surface area contributed by atoms with Gasteiger partial charge < -0.3 is 9.73 Å². The average Bonchev–Trinajstić information content (AvgIpc) is 2.85. The molecule has 1 N–H and O–H groups in total. The van der Waals surface area contributed by atoms with Gasteiger partial charge in [-0.25, -0.2) is 0 Å². The maximum atomic E-state index is 5.45. The summed E-state index contributed by atoms with van der Waals surface area (Å²) in [5.74, 6) is 1.66. The van der Waals surface area contributed by atoms with E-state index in [1.54, 1.807) is 6.92 Å². The molecule has 0 radical (unpaired) electrons. The van der Waals surface area contributed by atoms with Crippen LogP contribution in [0.15, 0.2) is 28.7 Å². The maximum absolute atomic E-state index is 5.45. The summed E-state index contributed by atoms with van der Waals surface area (Å²) in [5, 5.41) is 21.6. The van der Waals surface area contributed by atoms with Crippen LogP contribution in [-0.4, -0.2) is 26.4 Å². The second-order valence-corrected chi connectivity index (χ2v) is 4.87. The van der Waals surface area contributed by atoms with Crippen LogP contribution in [0.4, 0.5) is 5.82 Å². The van der Waals surface area contributed by atoms with E-state index in [1.807, 2.05) is 24.3 Å². The predicted octanol–water partition coefficient (Wildman–Crippen LogP) is 2.81. The van der Waals surface area contributed by atoms with Crippen LogP contribution in [0, 0.1) is 6.92 Å². The third-order valence-corrected chi connectivity index (χ3v) is 2.84. The number of rotatable bonds is 3. The fraction of sp³-hybridized carbons (Fsp3) is 0.286. The van der Waals surface area contributed by atoms with Crippen LogP contribution in [0.5, 0.6) is 0 Å². The van der Waals surface area contributed by atoms with Crippen LogP contribution in [0.1, 0.15) is 19.7 Å². The molecule has 0 saturated heterocycles. The zero-order valence-electron chi connectivity index (χ0n) is 11.6. The molecule has 0 fully saturated rings. The molecule has 0 spiro atoms. The highest BCUT2D eigenvalue weighted by Gasteiger charge is 2.15. The van der Waals surface area contributed by atoms with Gasteiger partial charge in [-0.1, -0.05) is 24.3 Å². The number of nitrogens with zero attached hydrogens (tertiary/aromatic N) is 4. The van der Waals surface area contributed by atoms with Gasteiger partial charge >= 0.3 is 0 Å². The van der Waals surface area contributed by atoms with Gasteiger partial charge in [0.2, 0.25) is 5.89 Å². The number of aromatic nitrogens is 4. The number of benzene rings is 1. The molecule has 102 valence electrons. The summed E-state index contributed by atoms with van der Waals surface area (Å²) in [5.41, 5.74) is 0.607. The number of fused-ring (bicyclic) bond motifs is 1. The predicted molar refractivity (Wildman–Crippen MR) is 76.3 cm³/mol. The highest BCUT2D eigenvalue weighted by atomic mass is 16.4. The van der Waals surface area contributed by atoms with Crippen molar-refractivity contribution in [2.75, 3.05) is 5.32 Å². The van der Waals surface area contributed by atoms with Gasteiger partial charge in [0, 0.05) is 23.7 Å². The van der Waals surface area contributed by atoms with E-state index in [1.165, 1.54) is 0 Å². The van der Waals surface area contributed by atoms with E-state index in [9.17, 15) is 0 Å². The smallest absolute Gasteiger partial charge is 0.268 e. The van der Waals surface area contributed by atoms with E-state index >= 15 is 0 Å². The Balaban J connectivity index is 2.21. The minimum atomic E-state index is 0.282. The van der Waals surface area contributed by atoms with Crippen molar-refractivity contribution < 1.29 is 4.42 Å². The lowest BCUT2D eigenvalue weighted by Gasteiger charge is -2.11. The van der Waals surface area contributed by atoms with Gasteiger partial charge in [0.05, 0.1) is 0 Å². The summed E-state index contributed by atoms with van der Waals surface area (Å²) >= 11 is 0. The molecular formula is C14H15N5O. The number of hydrogen-bond donors (Lipinski definition) is 1. The lowest BCUT2D eigenvalue weighted by molar-refractivity contribution is 0.531. The van der Waals surface area contributed by atoms with Crippen molar-refractivity contribution >= 4 is 16.6 Å². The van der Waals surface area contributed by atoms with Gasteiger partial charge in [-0.05, 0) is 13.8 Å². The van der Waals surface area contributed by atoms with Crippen molar-refractivity contribution in [1.82, 2.24) is 20.4 Å². The summed E-state index contributed by atoms with van der Waals surface area (Å²) in [6.07, 6.45) is 0. The molecule has 0 atom stereocenters. The first kappa shape index (κ1) is 12.5. The molecule has 6 heteroatoms. The van der Waals surface area contributed by atoms with Gasteiger partial charge in [-0.3, -0.25) is 0 Å². The first-order valence-corrected chi connectivity index (χ1v) is 6.47. The molecule has 2 aromatic heterocycles. The van der Waals surface area contributed by atoms with Crippen LogP contribution in [0.25, 0.3) is 22.4 Å². The van der Waals surface area contributed by atoms with Crippen LogP contribution in [0.2, 0.25) is 0 Å². The second kappa shape index (κ2) is 4.88. The Morgan fingerprint density at radius 1 is 1.00 bits per heavy atom. The number of hydrogen-bond acceptors (Lipinski definition) is 6. The number of nitrogens with one attached hydrogen (secondary N) is 1. The number of aryl methyl sites for hydroxylation is 1. The Morgan fingerprint density at radius 2 is 1.75 bits per heavy atom. The fourth-order valence-electron chi connectivity index (χ4n) is 2.03. The summed E-state index contributed by atoms with van der Waals surface area (Å²) < 4.78 is 5.45. The van der Waals surface area contributed by atoms with Crippen molar-refractivity contribution in [3.05, 3.63) is 30.2 Å². The minimum absolute atomic E-state index is 0.282. The van der Waals surface area contributed by atoms with Crippen molar-refractivity contribution in [1.29, 1.82) is 0 Å². The lowest BCUT2D eigenvalue weighted by atomic mass is 10.1. The van der Waals surface area contributed by atoms with Crippen LogP contribution < -0.4 is 5.32 Å². The van der Waals surface area contributed by atoms with E-state index in [0.29, 0.717) is 17.5 Å². The van der Waals surface area contributed by atoms with Crippen molar-refractivity contribution in [3.63, 3.8) is 0 Å². The molecule has 2 heterocycles. The molecule has 0 aliphatic rings. The standard InChI is InChI=1S/C14H15N5O/c1-8(2)15-13-11-7-5-4-6-10(11)12(17-18-13)14-19-16-9(3)20-14/h4-8H,1-3H3,(H,15,18). The molecule has 20 heavy (non-hydrogen) atoms. The first-order chi connectivity index (χ1) is 9.65. The summed E-state index contributed by atoms with van der Waals surface area (Å²) in [6.45, 7) is 5.87. The first-order valence-electron chi connectivity index (χ1n) is 6.47. The molecule has 3 aromatic rings. The highest BCUT2D eigenvalue weighted by molar-refractivity contribution is 5.98. The molecule has 1 aromatic carbocycles. The SMILES string of the molecule is Cc1nnc(-c2nnc(NC(C)C)c3ccccc23)o1. The maximum Gasteiger partial charge on any atom is 0.268 e. The van der Waals surface area contributed by atoms with Gasteiger partial charge in [-0.2, -0.15) is 0 Å². The molecule has 0 aliphatic heterocycles. The Kier molecular flexibility index (Phi) is 3.06. The second-order valence-electron chi connectivity index (χ2n) is 4.87. The van der Waals surface area contributed by atoms with Crippen LogP contribution in [0.3, 0.4) is 0 Å².